The van der Waals surface area contributed by atoms with E-state index in [1.54, 1.807) is 0 Å². The van der Waals surface area contributed by atoms with Gasteiger partial charge in [0.25, 0.3) is 0 Å². The molecule has 1 aliphatic heterocycles. The van der Waals surface area contributed by atoms with Gasteiger partial charge in [0.2, 0.25) is 5.91 Å². The first kappa shape index (κ1) is 11.5. The number of piperidine rings is 1. The fourth-order valence-corrected chi connectivity index (χ4v) is 3.50. The molecule has 4 heteroatoms. The lowest BCUT2D eigenvalue weighted by Gasteiger charge is -2.52. The summed E-state index contributed by atoms with van der Waals surface area (Å²) in [7, 11) is 0. The minimum atomic E-state index is -0.192. The third kappa shape index (κ3) is 2.63. The summed E-state index contributed by atoms with van der Waals surface area (Å²) in [5, 5.41) is 3.72. The van der Waals surface area contributed by atoms with Gasteiger partial charge < -0.3 is 11.1 Å². The predicted molar refractivity (Wildman–Crippen MR) is 66.5 cm³/mol. The van der Waals surface area contributed by atoms with Crippen LogP contribution in [0.4, 0.5) is 0 Å². The molecule has 3 aliphatic rings. The van der Waals surface area contributed by atoms with E-state index in [-0.39, 0.29) is 5.91 Å². The van der Waals surface area contributed by atoms with E-state index in [0.717, 1.165) is 25.2 Å². The zero-order valence-electron chi connectivity index (χ0n) is 10.5. The molecule has 1 saturated heterocycles. The summed E-state index contributed by atoms with van der Waals surface area (Å²) in [5.41, 5.74) is 5.83. The van der Waals surface area contributed by atoms with Crippen molar-refractivity contribution >= 4 is 5.91 Å². The van der Waals surface area contributed by atoms with Crippen LogP contribution in [0, 0.1) is 5.41 Å². The summed E-state index contributed by atoms with van der Waals surface area (Å²) in [5.74, 6) is -0.192. The van der Waals surface area contributed by atoms with Crippen molar-refractivity contribution in [2.45, 2.75) is 50.6 Å². The van der Waals surface area contributed by atoms with Crippen LogP contribution in [-0.4, -0.2) is 42.5 Å². The van der Waals surface area contributed by atoms with Gasteiger partial charge in [0.05, 0.1) is 6.54 Å². The zero-order chi connectivity index (χ0) is 11.9. The lowest BCUT2D eigenvalue weighted by molar-refractivity contribution is -0.120. The second kappa shape index (κ2) is 4.25. The largest absolute Gasteiger partial charge is 0.369 e. The van der Waals surface area contributed by atoms with Crippen molar-refractivity contribution in [3.05, 3.63) is 0 Å². The Morgan fingerprint density at radius 3 is 2.41 bits per heavy atom. The molecule has 0 bridgehead atoms. The number of nitrogens with one attached hydrogen (secondary N) is 1. The molecule has 17 heavy (non-hydrogen) atoms. The van der Waals surface area contributed by atoms with Crippen molar-refractivity contribution < 1.29 is 4.79 Å². The Morgan fingerprint density at radius 2 is 1.88 bits per heavy atom. The summed E-state index contributed by atoms with van der Waals surface area (Å²) in [4.78, 5) is 13.1. The molecule has 0 aromatic rings. The number of likely N-dealkylation sites (tertiary alicyclic amines) is 1. The van der Waals surface area contributed by atoms with Crippen LogP contribution in [0.2, 0.25) is 0 Å². The average molecular weight is 237 g/mol. The van der Waals surface area contributed by atoms with E-state index in [1.165, 1.54) is 38.5 Å². The Kier molecular flexibility index (Phi) is 2.87. The van der Waals surface area contributed by atoms with Gasteiger partial charge in [0.1, 0.15) is 0 Å². The van der Waals surface area contributed by atoms with Gasteiger partial charge >= 0.3 is 0 Å². The van der Waals surface area contributed by atoms with E-state index in [4.69, 9.17) is 5.73 Å². The van der Waals surface area contributed by atoms with E-state index in [0.29, 0.717) is 12.0 Å². The molecular formula is C13H23N3O. The second-order valence-electron chi connectivity index (χ2n) is 6.29. The van der Waals surface area contributed by atoms with Crippen molar-refractivity contribution in [1.82, 2.24) is 10.2 Å². The molecule has 1 spiro atoms. The molecule has 1 amide bonds. The van der Waals surface area contributed by atoms with Crippen LogP contribution >= 0.6 is 0 Å². The molecule has 0 atom stereocenters. The highest BCUT2D eigenvalue weighted by molar-refractivity contribution is 5.75. The van der Waals surface area contributed by atoms with Gasteiger partial charge in [-0.25, -0.2) is 0 Å². The van der Waals surface area contributed by atoms with Crippen LogP contribution in [0.25, 0.3) is 0 Å². The Bertz CT molecular complexity index is 298. The maximum atomic E-state index is 10.9. The SMILES string of the molecule is NC(=O)CN1CCC2(CC1)CC(NC1CC1)C2. The van der Waals surface area contributed by atoms with Gasteiger partial charge in [0, 0.05) is 12.1 Å². The maximum absolute atomic E-state index is 10.9. The quantitative estimate of drug-likeness (QED) is 0.747. The molecule has 0 radical (unpaired) electrons. The van der Waals surface area contributed by atoms with Gasteiger partial charge in [-0.15, -0.1) is 0 Å². The highest BCUT2D eigenvalue weighted by Crippen LogP contribution is 2.49. The normalized spacial score (nSPS) is 29.2. The molecule has 3 fully saturated rings. The van der Waals surface area contributed by atoms with Crippen LogP contribution in [-0.2, 0) is 4.79 Å². The maximum Gasteiger partial charge on any atom is 0.231 e. The van der Waals surface area contributed by atoms with Crippen LogP contribution in [0.1, 0.15) is 38.5 Å². The van der Waals surface area contributed by atoms with E-state index >= 15 is 0 Å². The van der Waals surface area contributed by atoms with Crippen LogP contribution < -0.4 is 11.1 Å². The number of amides is 1. The van der Waals surface area contributed by atoms with Crippen LogP contribution in [0.15, 0.2) is 0 Å². The highest BCUT2D eigenvalue weighted by Gasteiger charge is 2.46. The first-order chi connectivity index (χ1) is 8.15. The van der Waals surface area contributed by atoms with Crippen molar-refractivity contribution in [2.75, 3.05) is 19.6 Å². The number of nitrogens with zero attached hydrogens (tertiary/aromatic N) is 1. The second-order valence-corrected chi connectivity index (χ2v) is 6.29. The molecule has 0 unspecified atom stereocenters. The number of carbonyl (C=O) groups is 1. The first-order valence-corrected chi connectivity index (χ1v) is 6.92. The van der Waals surface area contributed by atoms with Gasteiger partial charge in [-0.2, -0.15) is 0 Å². The third-order valence-electron chi connectivity index (χ3n) is 4.70. The van der Waals surface area contributed by atoms with Crippen LogP contribution in [0.3, 0.4) is 0 Å². The molecule has 0 aromatic heterocycles. The predicted octanol–water partition coefficient (Wildman–Crippen LogP) is 0.468. The number of nitrogens with two attached hydrogens (primary N) is 1. The van der Waals surface area contributed by atoms with Crippen LogP contribution in [0.5, 0.6) is 0 Å². The fourth-order valence-electron chi connectivity index (χ4n) is 3.50. The Morgan fingerprint density at radius 1 is 1.24 bits per heavy atom. The summed E-state index contributed by atoms with van der Waals surface area (Å²) in [6, 6.07) is 1.62. The Hall–Kier alpha value is -0.610. The minimum Gasteiger partial charge on any atom is -0.369 e. The lowest BCUT2D eigenvalue weighted by atomic mass is 9.60. The number of primary amides is 1. The Balaban J connectivity index is 1.41. The molecular weight excluding hydrogens is 214 g/mol. The summed E-state index contributed by atoms with van der Waals surface area (Å²) in [6.07, 6.45) is 7.99. The molecule has 0 aromatic carbocycles. The molecule has 1 heterocycles. The molecule has 2 saturated carbocycles. The van der Waals surface area contributed by atoms with E-state index in [9.17, 15) is 4.79 Å². The molecule has 2 aliphatic carbocycles. The minimum absolute atomic E-state index is 0.192. The van der Waals surface area contributed by atoms with E-state index in [1.807, 2.05) is 0 Å². The van der Waals surface area contributed by atoms with Crippen molar-refractivity contribution in [3.8, 4) is 0 Å². The molecule has 96 valence electrons. The van der Waals surface area contributed by atoms with Gasteiger partial charge in [-0.05, 0) is 57.0 Å². The van der Waals surface area contributed by atoms with Crippen molar-refractivity contribution in [3.63, 3.8) is 0 Å². The van der Waals surface area contributed by atoms with Crippen molar-refractivity contribution in [2.24, 2.45) is 11.1 Å². The average Bonchev–Trinajstić information content (AvgIpc) is 3.02. The standard InChI is InChI=1S/C13H23N3O/c14-12(17)9-16-5-3-13(4-6-16)7-11(8-13)15-10-1-2-10/h10-11,15H,1-9H2,(H2,14,17). The van der Waals surface area contributed by atoms with E-state index < -0.39 is 0 Å². The third-order valence-corrected chi connectivity index (χ3v) is 4.70. The summed E-state index contributed by atoms with van der Waals surface area (Å²) in [6.45, 7) is 2.55. The monoisotopic (exact) mass is 237 g/mol. The molecule has 4 nitrogen and oxygen atoms in total. The zero-order valence-corrected chi connectivity index (χ0v) is 10.5. The van der Waals surface area contributed by atoms with Gasteiger partial charge in [-0.3, -0.25) is 9.69 Å². The fraction of sp³-hybridized carbons (Fsp3) is 0.923. The Labute approximate surface area is 103 Å². The number of rotatable bonds is 4. The summed E-state index contributed by atoms with van der Waals surface area (Å²) < 4.78 is 0. The summed E-state index contributed by atoms with van der Waals surface area (Å²) >= 11 is 0. The highest BCUT2D eigenvalue weighted by atomic mass is 16.1. The first-order valence-electron chi connectivity index (χ1n) is 6.92. The number of hydrogen-bond acceptors (Lipinski definition) is 3. The number of hydrogen-bond donors (Lipinski definition) is 2. The number of carbonyl (C=O) groups excluding carboxylic acids is 1. The van der Waals surface area contributed by atoms with Crippen molar-refractivity contribution in [1.29, 1.82) is 0 Å². The lowest BCUT2D eigenvalue weighted by Crippen LogP contribution is -2.54. The molecule has 3 N–H and O–H groups in total. The van der Waals surface area contributed by atoms with Gasteiger partial charge in [-0.1, -0.05) is 0 Å². The van der Waals surface area contributed by atoms with Gasteiger partial charge in [0.15, 0.2) is 0 Å². The topological polar surface area (TPSA) is 58.4 Å². The van der Waals surface area contributed by atoms with E-state index in [2.05, 4.69) is 10.2 Å². The smallest absolute Gasteiger partial charge is 0.231 e. The molecule has 3 rings (SSSR count).